The topological polar surface area (TPSA) is 96.9 Å². The van der Waals surface area contributed by atoms with E-state index in [0.29, 0.717) is 5.82 Å². The molecule has 42 heavy (non-hydrogen) atoms. The van der Waals surface area contributed by atoms with Gasteiger partial charge in [0.05, 0.1) is 19.1 Å². The number of aliphatic hydroxyl groups is 2. The number of unbranched alkanes of at least 4 members (excludes halogenated alkanes) is 1. The maximum absolute atomic E-state index is 13.8. The summed E-state index contributed by atoms with van der Waals surface area (Å²) in [6.07, 6.45) is 3.48. The summed E-state index contributed by atoms with van der Waals surface area (Å²) in [6, 6.07) is 13.1. The Labute approximate surface area is 244 Å². The molecule has 5 N–H and O–H groups in total. The highest BCUT2D eigenvalue weighted by molar-refractivity contribution is 5.93. The van der Waals surface area contributed by atoms with Crippen LogP contribution in [-0.4, -0.2) is 42.4 Å². The normalized spacial score (nSPS) is 12.1. The van der Waals surface area contributed by atoms with Gasteiger partial charge in [0, 0.05) is 37.1 Å². The molecule has 3 rings (SSSR count). The number of rotatable bonds is 15. The van der Waals surface area contributed by atoms with E-state index in [4.69, 9.17) is 5.11 Å². The average molecular weight is 583 g/mol. The number of anilines is 2. The first kappa shape index (κ1) is 32.2. The van der Waals surface area contributed by atoms with Crippen LogP contribution in [0.1, 0.15) is 31.7 Å². The van der Waals surface area contributed by atoms with Crippen molar-refractivity contribution in [2.75, 3.05) is 30.4 Å². The Morgan fingerprint density at radius 2 is 1.79 bits per heavy atom. The van der Waals surface area contributed by atoms with Crippen molar-refractivity contribution < 1.29 is 28.2 Å². The lowest BCUT2D eigenvalue weighted by Gasteiger charge is -2.27. The summed E-state index contributed by atoms with van der Waals surface area (Å²) in [5.74, 6) is -3.82. The molecule has 0 fully saturated rings. The van der Waals surface area contributed by atoms with Crippen molar-refractivity contribution in [2.45, 2.75) is 38.7 Å². The number of halogens is 3. The molecule has 3 aromatic carbocycles. The summed E-state index contributed by atoms with van der Waals surface area (Å²) >= 11 is 0. The molecule has 0 aromatic heterocycles. The largest absolute Gasteiger partial charge is 0.394 e. The first-order valence-corrected chi connectivity index (χ1v) is 13.6. The summed E-state index contributed by atoms with van der Waals surface area (Å²) in [5, 5.41) is 28.9. The van der Waals surface area contributed by atoms with Crippen molar-refractivity contribution >= 4 is 28.1 Å². The van der Waals surface area contributed by atoms with Crippen molar-refractivity contribution in [1.82, 2.24) is 10.6 Å². The third-order valence-corrected chi connectivity index (χ3v) is 6.53. The van der Waals surface area contributed by atoms with Gasteiger partial charge in [-0.05, 0) is 47.4 Å². The molecule has 0 aliphatic rings. The molecule has 7 nitrogen and oxygen atoms in total. The first-order valence-electron chi connectivity index (χ1n) is 13.6. The van der Waals surface area contributed by atoms with Gasteiger partial charge in [0.1, 0.15) is 11.6 Å². The number of amides is 1. The summed E-state index contributed by atoms with van der Waals surface area (Å²) in [4.78, 5) is 14.5. The highest BCUT2D eigenvalue weighted by Gasteiger charge is 2.16. The second-order valence-corrected chi connectivity index (χ2v) is 9.98. The molecule has 0 bridgehead atoms. The van der Waals surface area contributed by atoms with E-state index in [1.54, 1.807) is 0 Å². The Morgan fingerprint density at radius 1 is 1.10 bits per heavy atom. The highest BCUT2D eigenvalue weighted by Crippen LogP contribution is 2.29. The number of hydrogen-bond donors (Lipinski definition) is 5. The minimum atomic E-state index is -1.56. The number of aliphatic hydroxyl groups excluding tert-OH is 2. The molecule has 1 unspecified atom stereocenters. The Morgan fingerprint density at radius 3 is 2.45 bits per heavy atom. The molecular weight excluding hydrogens is 545 g/mol. The Hall–Kier alpha value is -4.28. The van der Waals surface area contributed by atoms with Crippen LogP contribution < -0.4 is 20.9 Å². The standard InChI is InChI=1S/C32H37F3N4O3/c1-5-6-9-20(2)12-30(38-21(3)37-24-16-28(33)32(35)29(34)17-24)39(4)25-13-22-10-7-8-11-27(22)23(14-25)15-31(42)36-18-26(41)19-40/h7-8,10-14,16-17,26,37-38,40-41H,2-3,5-6,9,15,18-19H2,1,4H3,(H,36,42)/b30-12-. The van der Waals surface area contributed by atoms with Gasteiger partial charge in [0.15, 0.2) is 17.5 Å². The van der Waals surface area contributed by atoms with Gasteiger partial charge in [0.25, 0.3) is 0 Å². The van der Waals surface area contributed by atoms with Crippen LogP contribution in [0.3, 0.4) is 0 Å². The molecule has 1 amide bonds. The van der Waals surface area contributed by atoms with Crippen LogP contribution in [0.4, 0.5) is 24.5 Å². The fourth-order valence-electron chi connectivity index (χ4n) is 4.26. The fraction of sp³-hybridized carbons (Fsp3) is 0.281. The van der Waals surface area contributed by atoms with E-state index >= 15 is 0 Å². The number of benzene rings is 3. The summed E-state index contributed by atoms with van der Waals surface area (Å²) in [7, 11) is 1.81. The molecule has 10 heteroatoms. The molecule has 0 heterocycles. The zero-order valence-corrected chi connectivity index (χ0v) is 23.8. The lowest BCUT2D eigenvalue weighted by Crippen LogP contribution is -2.34. The monoisotopic (exact) mass is 582 g/mol. The van der Waals surface area contributed by atoms with Crippen molar-refractivity contribution in [3.63, 3.8) is 0 Å². The van der Waals surface area contributed by atoms with E-state index in [0.717, 1.165) is 59.0 Å². The third-order valence-electron chi connectivity index (χ3n) is 6.53. The minimum Gasteiger partial charge on any atom is -0.394 e. The van der Waals surface area contributed by atoms with Crippen LogP contribution >= 0.6 is 0 Å². The van der Waals surface area contributed by atoms with Crippen LogP contribution in [0.5, 0.6) is 0 Å². The molecular formula is C32H37F3N4O3. The molecule has 0 aliphatic heterocycles. The van der Waals surface area contributed by atoms with Crippen LogP contribution in [0.25, 0.3) is 10.8 Å². The highest BCUT2D eigenvalue weighted by atomic mass is 19.2. The van der Waals surface area contributed by atoms with Gasteiger partial charge in [-0.3, -0.25) is 4.79 Å². The molecule has 0 spiro atoms. The molecule has 1 atom stereocenters. The predicted octanol–water partition coefficient (Wildman–Crippen LogP) is 5.47. The van der Waals surface area contributed by atoms with Gasteiger partial charge in [-0.2, -0.15) is 0 Å². The van der Waals surface area contributed by atoms with Gasteiger partial charge in [-0.15, -0.1) is 0 Å². The molecule has 0 saturated heterocycles. The quantitative estimate of drug-likeness (QED) is 0.121. The van der Waals surface area contributed by atoms with Crippen molar-refractivity contribution in [3.8, 4) is 0 Å². The van der Waals surface area contributed by atoms with Gasteiger partial charge < -0.3 is 31.1 Å². The van der Waals surface area contributed by atoms with Crippen LogP contribution in [0, 0.1) is 17.5 Å². The van der Waals surface area contributed by atoms with Crippen LogP contribution in [-0.2, 0) is 11.2 Å². The Balaban J connectivity index is 1.93. The van der Waals surface area contributed by atoms with Crippen LogP contribution in [0.15, 0.2) is 85.0 Å². The molecule has 0 aliphatic carbocycles. The second kappa shape index (κ2) is 15.1. The summed E-state index contributed by atoms with van der Waals surface area (Å²) in [6.45, 7) is 9.62. The zero-order chi connectivity index (χ0) is 30.8. The van der Waals surface area contributed by atoms with E-state index in [-0.39, 0.29) is 30.4 Å². The lowest BCUT2D eigenvalue weighted by molar-refractivity contribution is -0.121. The smallest absolute Gasteiger partial charge is 0.224 e. The number of hydrogen-bond acceptors (Lipinski definition) is 6. The predicted molar refractivity (Wildman–Crippen MR) is 161 cm³/mol. The van der Waals surface area contributed by atoms with E-state index in [1.165, 1.54) is 0 Å². The number of allylic oxidation sites excluding steroid dienone is 2. The average Bonchev–Trinajstić information content (AvgIpc) is 2.96. The number of fused-ring (bicyclic) bond motifs is 1. The van der Waals surface area contributed by atoms with Crippen molar-refractivity contribution in [1.29, 1.82) is 0 Å². The van der Waals surface area contributed by atoms with Crippen molar-refractivity contribution in [3.05, 3.63) is 108 Å². The SMILES string of the molecule is C=C(/C=C(/NC(=C)Nc1cc(F)c(F)c(F)c1)N(C)c1cc(CC(=O)NCC(O)CO)c2ccccc2c1)CCCC. The lowest BCUT2D eigenvalue weighted by atomic mass is 10.00. The Kier molecular flexibility index (Phi) is 11.6. The second-order valence-electron chi connectivity index (χ2n) is 9.98. The molecule has 3 aromatic rings. The number of carbonyl (C=O) groups excluding carboxylic acids is 1. The number of carbonyl (C=O) groups is 1. The maximum Gasteiger partial charge on any atom is 0.224 e. The van der Waals surface area contributed by atoms with Crippen molar-refractivity contribution in [2.24, 2.45) is 0 Å². The van der Waals surface area contributed by atoms with E-state index in [9.17, 15) is 23.1 Å². The number of nitrogens with one attached hydrogen (secondary N) is 3. The van der Waals surface area contributed by atoms with E-state index in [2.05, 4.69) is 36.0 Å². The van der Waals surface area contributed by atoms with Gasteiger partial charge in [-0.25, -0.2) is 13.2 Å². The van der Waals surface area contributed by atoms with E-state index < -0.39 is 30.2 Å². The fourth-order valence-corrected chi connectivity index (χ4v) is 4.26. The van der Waals surface area contributed by atoms with Gasteiger partial charge >= 0.3 is 0 Å². The molecule has 224 valence electrons. The molecule has 0 saturated carbocycles. The first-order chi connectivity index (χ1) is 20.0. The maximum atomic E-state index is 13.8. The minimum absolute atomic E-state index is 0.0268. The number of nitrogens with zero attached hydrogens (tertiary/aromatic N) is 1. The van der Waals surface area contributed by atoms with E-state index in [1.807, 2.05) is 54.4 Å². The molecule has 0 radical (unpaired) electrons. The third kappa shape index (κ3) is 8.86. The van der Waals surface area contributed by atoms with Gasteiger partial charge in [-0.1, -0.05) is 56.3 Å². The zero-order valence-electron chi connectivity index (χ0n) is 23.8. The van der Waals surface area contributed by atoms with Crippen LogP contribution in [0.2, 0.25) is 0 Å². The Bertz CT molecular complexity index is 1450. The summed E-state index contributed by atoms with van der Waals surface area (Å²) < 4.78 is 41.0. The summed E-state index contributed by atoms with van der Waals surface area (Å²) in [5.41, 5.74) is 2.27. The van der Waals surface area contributed by atoms with Gasteiger partial charge in [0.2, 0.25) is 5.91 Å².